The Kier molecular flexibility index (Phi) is 19.1. The van der Waals surface area contributed by atoms with E-state index >= 15 is 0 Å². The van der Waals surface area contributed by atoms with Crippen LogP contribution in [-0.4, -0.2) is 178 Å². The van der Waals surface area contributed by atoms with Crippen LogP contribution in [0.2, 0.25) is 0 Å². The Balaban J connectivity index is 0.0000108. The molecular weight excluding hydrogens is 728 g/mol. The Morgan fingerprint density at radius 3 is 2.02 bits per heavy atom. The number of likely N-dealkylation sites (N-methyl/N-ethyl adjacent to an activating group) is 2. The third-order valence-electron chi connectivity index (χ3n) is 13.0. The molecule has 0 aromatic carbocycles. The number of ether oxygens (including phenoxy) is 9. The van der Waals surface area contributed by atoms with Crippen LogP contribution < -0.4 is 0 Å². The summed E-state index contributed by atoms with van der Waals surface area (Å²) in [7, 11) is 12.4. The van der Waals surface area contributed by atoms with E-state index in [9.17, 15) is 15.0 Å². The summed E-state index contributed by atoms with van der Waals surface area (Å²) in [6.45, 7) is 19.9. The van der Waals surface area contributed by atoms with Crippen LogP contribution in [0.4, 0.5) is 0 Å². The van der Waals surface area contributed by atoms with Crippen molar-refractivity contribution in [2.24, 2.45) is 17.8 Å². The number of esters is 1. The van der Waals surface area contributed by atoms with Gasteiger partial charge in [-0.2, -0.15) is 0 Å². The molecule has 3 aliphatic rings. The number of carbonyl (C=O) groups is 1. The first-order valence-electron chi connectivity index (χ1n) is 20.3. The number of nitrogens with zero attached hydrogens (tertiary/aromatic N) is 2. The zero-order valence-corrected chi connectivity index (χ0v) is 37.6. The van der Waals surface area contributed by atoms with E-state index in [-0.39, 0.29) is 35.7 Å². The van der Waals surface area contributed by atoms with Crippen LogP contribution >= 0.6 is 0 Å². The number of methoxy groups -OCH3 is 4. The Morgan fingerprint density at radius 1 is 0.893 bits per heavy atom. The predicted octanol–water partition coefficient (Wildman–Crippen LogP) is 3.04. The maximum absolute atomic E-state index is 14.6. The molecule has 3 rings (SSSR count). The molecule has 0 bridgehead atoms. The van der Waals surface area contributed by atoms with Crippen molar-refractivity contribution in [1.82, 2.24) is 9.80 Å². The van der Waals surface area contributed by atoms with Crippen molar-refractivity contribution >= 4 is 5.97 Å². The fourth-order valence-electron chi connectivity index (χ4n) is 9.81. The van der Waals surface area contributed by atoms with E-state index in [0.717, 1.165) is 0 Å². The highest BCUT2D eigenvalue weighted by Crippen LogP contribution is 2.41. The van der Waals surface area contributed by atoms with Crippen molar-refractivity contribution in [3.63, 3.8) is 0 Å². The molecule has 3 fully saturated rings. The quantitative estimate of drug-likeness (QED) is 0.308. The van der Waals surface area contributed by atoms with Crippen molar-refractivity contribution in [2.75, 3.05) is 56.1 Å². The number of cyclic esters (lactones) is 1. The van der Waals surface area contributed by atoms with Gasteiger partial charge in [0.05, 0.1) is 41.5 Å². The number of hydrogen-bond acceptors (Lipinski definition) is 14. The predicted molar refractivity (Wildman–Crippen MR) is 212 cm³/mol. The molecule has 0 radical (unpaired) electrons. The zero-order valence-electron chi connectivity index (χ0n) is 37.6. The molecule has 56 heavy (non-hydrogen) atoms. The Morgan fingerprint density at radius 2 is 1.50 bits per heavy atom. The molecule has 18 atom stereocenters. The second-order valence-corrected chi connectivity index (χ2v) is 17.8. The van der Waals surface area contributed by atoms with Crippen LogP contribution in [-0.2, 0) is 47.4 Å². The van der Waals surface area contributed by atoms with Crippen molar-refractivity contribution in [3.8, 4) is 0 Å². The molecule has 0 spiro atoms. The van der Waals surface area contributed by atoms with Crippen LogP contribution in [0, 0.1) is 17.8 Å². The minimum atomic E-state index is -1.48. The van der Waals surface area contributed by atoms with Crippen LogP contribution in [0.1, 0.15) is 94.9 Å². The van der Waals surface area contributed by atoms with Crippen LogP contribution in [0.15, 0.2) is 0 Å². The SMILES string of the molecule is CC[C@H]1OC(=O)[C@H](C)[C@@H](O[C@H]2C[C@@](C)(OC)[C@@H](OC)[C@H](C)O2)[C@H](C)[C@@H](O[C@@H]2O[C@H](C)C[C@H](N(C)C)[C@H]2O)[C@](C)(O)C[C@@H](C)CN(C)[C@H](C)[C@@H](OC)[C@]1(C)OC.O. The lowest BCUT2D eigenvalue weighted by Crippen LogP contribution is -2.61. The third-order valence-corrected chi connectivity index (χ3v) is 13.0. The summed E-state index contributed by atoms with van der Waals surface area (Å²) < 4.78 is 57.0. The zero-order chi connectivity index (χ0) is 41.8. The van der Waals surface area contributed by atoms with Gasteiger partial charge in [-0.25, -0.2) is 0 Å². The smallest absolute Gasteiger partial charge is 0.311 e. The standard InChI is InChI=1S/C41H78N2O12.H2O/c1-18-30-41(10,50-17)35(47-14)27(6)43(13)22-23(2)20-39(8,46)34(55-38-32(44)29(42(11)12)19-24(3)51-38)25(4)33(26(5)37(45)53-30)54-31-21-40(9,49-16)36(48-15)28(7)52-31;/h23-36,38,44,46H,18-22H2,1-17H3;1H2/t23-,24-,25+,26-,27-,28+,29+,30-,31+,32-,33+,34-,35-,36+,38+,39-,40-,41-;/m1./s1. The molecule has 15 nitrogen and oxygen atoms in total. The van der Waals surface area contributed by atoms with E-state index < -0.39 is 83.8 Å². The highest BCUT2D eigenvalue weighted by atomic mass is 16.7. The molecule has 0 amide bonds. The molecule has 0 saturated carbocycles. The van der Waals surface area contributed by atoms with Gasteiger partial charge in [0.2, 0.25) is 0 Å². The van der Waals surface area contributed by atoms with E-state index in [4.69, 9.17) is 42.6 Å². The normalized spacial score (nSPS) is 46.7. The van der Waals surface area contributed by atoms with Gasteiger partial charge < -0.3 is 68.1 Å². The summed E-state index contributed by atoms with van der Waals surface area (Å²) in [6, 6.07) is -0.398. The van der Waals surface area contributed by atoms with E-state index in [2.05, 4.69) is 18.7 Å². The summed E-state index contributed by atoms with van der Waals surface area (Å²) in [5, 5.41) is 24.3. The van der Waals surface area contributed by atoms with Crippen LogP contribution in [0.3, 0.4) is 0 Å². The Labute approximate surface area is 337 Å². The molecular formula is C41H80N2O13. The van der Waals surface area contributed by atoms with Crippen molar-refractivity contribution in [2.45, 2.75) is 185 Å². The lowest BCUT2D eigenvalue weighted by Gasteiger charge is -2.49. The molecule has 3 aliphatic heterocycles. The minimum Gasteiger partial charge on any atom is -0.459 e. The molecule has 0 unspecified atom stereocenters. The van der Waals surface area contributed by atoms with E-state index in [0.29, 0.717) is 32.2 Å². The average Bonchev–Trinajstić information content (AvgIpc) is 3.11. The van der Waals surface area contributed by atoms with Gasteiger partial charge in [0.15, 0.2) is 12.6 Å². The highest BCUT2D eigenvalue weighted by Gasteiger charge is 2.53. The summed E-state index contributed by atoms with van der Waals surface area (Å²) in [4.78, 5) is 18.7. The summed E-state index contributed by atoms with van der Waals surface area (Å²) in [5.41, 5.74) is -3.26. The maximum atomic E-state index is 14.6. The monoisotopic (exact) mass is 809 g/mol. The van der Waals surface area contributed by atoms with Gasteiger partial charge >= 0.3 is 5.97 Å². The second kappa shape index (κ2) is 21.0. The average molecular weight is 809 g/mol. The van der Waals surface area contributed by atoms with Gasteiger partial charge in [-0.15, -0.1) is 0 Å². The molecule has 3 saturated heterocycles. The minimum absolute atomic E-state index is 0. The number of aliphatic hydroxyl groups excluding tert-OH is 1. The molecule has 3 heterocycles. The molecule has 4 N–H and O–H groups in total. The number of aliphatic hydroxyl groups is 2. The first-order chi connectivity index (χ1) is 25.5. The lowest BCUT2D eigenvalue weighted by atomic mass is 9.77. The second-order valence-electron chi connectivity index (χ2n) is 17.8. The third kappa shape index (κ3) is 11.2. The molecule has 0 aliphatic carbocycles. The lowest BCUT2D eigenvalue weighted by molar-refractivity contribution is -0.319. The fourth-order valence-corrected chi connectivity index (χ4v) is 9.81. The van der Waals surface area contributed by atoms with Crippen LogP contribution in [0.25, 0.3) is 0 Å². The highest BCUT2D eigenvalue weighted by molar-refractivity contribution is 5.73. The van der Waals surface area contributed by atoms with Gasteiger partial charge in [0.1, 0.15) is 30.0 Å². The van der Waals surface area contributed by atoms with E-state index in [1.807, 2.05) is 67.6 Å². The molecule has 332 valence electrons. The summed E-state index contributed by atoms with van der Waals surface area (Å²) in [6.07, 6.45) is -5.20. The summed E-state index contributed by atoms with van der Waals surface area (Å²) >= 11 is 0. The van der Waals surface area contributed by atoms with Gasteiger partial charge in [0.25, 0.3) is 0 Å². The van der Waals surface area contributed by atoms with Gasteiger partial charge in [0, 0.05) is 59.4 Å². The number of carbonyl (C=O) groups excluding carboxylic acids is 1. The molecule has 0 aromatic heterocycles. The maximum Gasteiger partial charge on any atom is 0.311 e. The summed E-state index contributed by atoms with van der Waals surface area (Å²) in [5.74, 6) is -2.08. The first kappa shape index (κ1) is 51.1. The Bertz CT molecular complexity index is 1200. The van der Waals surface area contributed by atoms with Gasteiger partial charge in [-0.05, 0) is 94.8 Å². The van der Waals surface area contributed by atoms with Crippen molar-refractivity contribution < 1.29 is 63.1 Å². The van der Waals surface area contributed by atoms with E-state index in [1.54, 1.807) is 42.3 Å². The van der Waals surface area contributed by atoms with Gasteiger partial charge in [-0.3, -0.25) is 4.79 Å². The molecule has 0 aromatic rings. The Hall–Kier alpha value is -1.05. The van der Waals surface area contributed by atoms with E-state index in [1.165, 1.54) is 0 Å². The van der Waals surface area contributed by atoms with Gasteiger partial charge in [-0.1, -0.05) is 20.8 Å². The molecule has 15 heteroatoms. The fraction of sp³-hybridized carbons (Fsp3) is 0.976. The van der Waals surface area contributed by atoms with Crippen LogP contribution in [0.5, 0.6) is 0 Å². The topological polar surface area (TPSA) is 179 Å². The van der Waals surface area contributed by atoms with Crippen molar-refractivity contribution in [3.05, 3.63) is 0 Å². The van der Waals surface area contributed by atoms with Crippen molar-refractivity contribution in [1.29, 1.82) is 0 Å². The first-order valence-corrected chi connectivity index (χ1v) is 20.3. The number of rotatable bonds is 10. The number of hydrogen-bond donors (Lipinski definition) is 2. The largest absolute Gasteiger partial charge is 0.459 e.